The van der Waals surface area contributed by atoms with E-state index >= 15 is 0 Å². The molecule has 128 valence electrons. The Morgan fingerprint density at radius 3 is 2.57 bits per heavy atom. The molecular formula is C17H29N5O. The smallest absolute Gasteiger partial charge is 0.315 e. The maximum absolute atomic E-state index is 12.0. The van der Waals surface area contributed by atoms with Crippen molar-refractivity contribution in [2.75, 3.05) is 39.8 Å². The molecule has 0 spiro atoms. The van der Waals surface area contributed by atoms with E-state index in [-0.39, 0.29) is 6.03 Å². The van der Waals surface area contributed by atoms with Crippen molar-refractivity contribution < 1.29 is 4.79 Å². The van der Waals surface area contributed by atoms with Crippen LogP contribution in [0, 0.1) is 5.92 Å². The van der Waals surface area contributed by atoms with Crippen LogP contribution in [0.4, 0.5) is 4.79 Å². The van der Waals surface area contributed by atoms with Gasteiger partial charge in [0.2, 0.25) is 0 Å². The van der Waals surface area contributed by atoms with Gasteiger partial charge in [0.25, 0.3) is 0 Å². The second kappa shape index (κ2) is 8.84. The van der Waals surface area contributed by atoms with Crippen LogP contribution in [0.3, 0.4) is 0 Å². The van der Waals surface area contributed by atoms with Crippen molar-refractivity contribution in [1.29, 1.82) is 0 Å². The summed E-state index contributed by atoms with van der Waals surface area (Å²) in [4.78, 5) is 21.0. The van der Waals surface area contributed by atoms with Gasteiger partial charge in [0.05, 0.1) is 12.2 Å². The number of rotatable bonds is 6. The normalized spacial score (nSPS) is 17.9. The van der Waals surface area contributed by atoms with Crippen LogP contribution >= 0.6 is 0 Å². The summed E-state index contributed by atoms with van der Waals surface area (Å²) in [6.45, 7) is 9.88. The van der Waals surface area contributed by atoms with Gasteiger partial charge in [-0.1, -0.05) is 19.9 Å². The van der Waals surface area contributed by atoms with Crippen molar-refractivity contribution in [3.05, 3.63) is 30.1 Å². The number of nitrogens with zero attached hydrogens (tertiary/aromatic N) is 3. The molecule has 1 aromatic rings. The number of carbonyl (C=O) groups is 1. The number of piperazine rings is 1. The number of carbonyl (C=O) groups excluding carboxylic acids is 1. The second-order valence-electron chi connectivity index (χ2n) is 6.54. The van der Waals surface area contributed by atoms with Crippen LogP contribution in [0.15, 0.2) is 24.4 Å². The van der Waals surface area contributed by atoms with E-state index in [9.17, 15) is 4.79 Å². The van der Waals surface area contributed by atoms with E-state index in [1.807, 2.05) is 18.2 Å². The number of nitrogens with one attached hydrogen (secondary N) is 2. The number of hydrogen-bond donors (Lipinski definition) is 2. The molecule has 1 unspecified atom stereocenters. The van der Waals surface area contributed by atoms with Crippen LogP contribution < -0.4 is 10.6 Å². The maximum atomic E-state index is 12.0. The minimum Gasteiger partial charge on any atom is -0.337 e. The number of likely N-dealkylation sites (N-methyl/N-ethyl adjacent to an activating group) is 1. The summed E-state index contributed by atoms with van der Waals surface area (Å²) in [6, 6.07) is 5.94. The van der Waals surface area contributed by atoms with Gasteiger partial charge < -0.3 is 15.5 Å². The van der Waals surface area contributed by atoms with Crippen LogP contribution in [-0.4, -0.2) is 66.6 Å². The molecule has 0 bridgehead atoms. The van der Waals surface area contributed by atoms with Gasteiger partial charge in [0, 0.05) is 45.0 Å². The van der Waals surface area contributed by atoms with Gasteiger partial charge >= 0.3 is 6.03 Å². The zero-order valence-electron chi connectivity index (χ0n) is 14.5. The lowest BCUT2D eigenvalue weighted by Gasteiger charge is -2.39. The Morgan fingerprint density at radius 1 is 1.22 bits per heavy atom. The van der Waals surface area contributed by atoms with Crippen molar-refractivity contribution in [2.24, 2.45) is 5.92 Å². The molecule has 0 saturated carbocycles. The number of amides is 2. The highest BCUT2D eigenvalue weighted by molar-refractivity contribution is 5.73. The first kappa shape index (κ1) is 17.7. The second-order valence-corrected chi connectivity index (χ2v) is 6.54. The fourth-order valence-electron chi connectivity index (χ4n) is 2.87. The predicted molar refractivity (Wildman–Crippen MR) is 92.2 cm³/mol. The van der Waals surface area contributed by atoms with Crippen molar-refractivity contribution >= 4 is 6.03 Å². The third kappa shape index (κ3) is 5.80. The van der Waals surface area contributed by atoms with E-state index in [2.05, 4.69) is 46.3 Å². The van der Waals surface area contributed by atoms with Crippen LogP contribution in [0.2, 0.25) is 0 Å². The minimum atomic E-state index is -0.129. The largest absolute Gasteiger partial charge is 0.337 e. The molecule has 0 aliphatic carbocycles. The number of urea groups is 1. The molecule has 1 fully saturated rings. The summed E-state index contributed by atoms with van der Waals surface area (Å²) in [5.74, 6) is 0.509. The molecule has 2 N–H and O–H groups in total. The highest BCUT2D eigenvalue weighted by Crippen LogP contribution is 2.12. The quantitative estimate of drug-likeness (QED) is 0.826. The molecule has 1 saturated heterocycles. The zero-order valence-corrected chi connectivity index (χ0v) is 14.5. The molecular weight excluding hydrogens is 290 g/mol. The van der Waals surface area contributed by atoms with Gasteiger partial charge in [-0.2, -0.15) is 0 Å². The van der Waals surface area contributed by atoms with Crippen LogP contribution in [0.25, 0.3) is 0 Å². The van der Waals surface area contributed by atoms with Gasteiger partial charge in [-0.3, -0.25) is 9.88 Å². The van der Waals surface area contributed by atoms with Crippen LogP contribution in [0.1, 0.15) is 19.5 Å². The van der Waals surface area contributed by atoms with E-state index in [0.29, 0.717) is 25.0 Å². The lowest BCUT2D eigenvalue weighted by atomic mass is 10.0. The monoisotopic (exact) mass is 319 g/mol. The molecule has 2 amide bonds. The highest BCUT2D eigenvalue weighted by atomic mass is 16.2. The summed E-state index contributed by atoms with van der Waals surface area (Å²) >= 11 is 0. The predicted octanol–water partition coefficient (Wildman–Crippen LogP) is 1.15. The molecule has 2 heterocycles. The van der Waals surface area contributed by atoms with Crippen LogP contribution in [0.5, 0.6) is 0 Å². The summed E-state index contributed by atoms with van der Waals surface area (Å²) in [6.07, 6.45) is 1.73. The standard InChI is InChI=1S/C17H29N5O/c1-14(2)16(22-10-8-21(3)9-11-22)13-20-17(23)19-12-15-6-4-5-7-18-15/h4-7,14,16H,8-13H2,1-3H3,(H2,19,20,23). The summed E-state index contributed by atoms with van der Waals surface area (Å²) in [7, 11) is 2.16. The fraction of sp³-hybridized carbons (Fsp3) is 0.647. The Morgan fingerprint density at radius 2 is 1.96 bits per heavy atom. The molecule has 1 aromatic heterocycles. The van der Waals surface area contributed by atoms with Crippen molar-refractivity contribution in [3.63, 3.8) is 0 Å². The van der Waals surface area contributed by atoms with E-state index in [1.54, 1.807) is 6.20 Å². The van der Waals surface area contributed by atoms with E-state index < -0.39 is 0 Å². The Bertz CT molecular complexity index is 471. The third-order valence-corrected chi connectivity index (χ3v) is 4.40. The first-order valence-corrected chi connectivity index (χ1v) is 8.40. The first-order valence-electron chi connectivity index (χ1n) is 8.40. The zero-order chi connectivity index (χ0) is 16.7. The van der Waals surface area contributed by atoms with Crippen molar-refractivity contribution in [3.8, 4) is 0 Å². The van der Waals surface area contributed by atoms with E-state index in [1.165, 1.54) is 0 Å². The van der Waals surface area contributed by atoms with Gasteiger partial charge in [-0.05, 0) is 25.1 Å². The van der Waals surface area contributed by atoms with Gasteiger partial charge in [0.1, 0.15) is 0 Å². The van der Waals surface area contributed by atoms with Crippen molar-refractivity contribution in [1.82, 2.24) is 25.4 Å². The van der Waals surface area contributed by atoms with Crippen LogP contribution in [-0.2, 0) is 6.54 Å². The minimum absolute atomic E-state index is 0.129. The fourth-order valence-corrected chi connectivity index (χ4v) is 2.87. The average molecular weight is 319 g/mol. The molecule has 1 aliphatic rings. The highest BCUT2D eigenvalue weighted by Gasteiger charge is 2.25. The Labute approximate surface area is 139 Å². The number of aromatic nitrogens is 1. The summed E-state index contributed by atoms with van der Waals surface area (Å²) in [5.41, 5.74) is 0.863. The first-order chi connectivity index (χ1) is 11.1. The lowest BCUT2D eigenvalue weighted by molar-refractivity contribution is 0.0887. The molecule has 6 heteroatoms. The SMILES string of the molecule is CC(C)C(CNC(=O)NCc1ccccn1)N1CCN(C)CC1. The van der Waals surface area contributed by atoms with Gasteiger partial charge in [-0.25, -0.2) is 4.79 Å². The Hall–Kier alpha value is -1.66. The molecule has 6 nitrogen and oxygen atoms in total. The Kier molecular flexibility index (Phi) is 6.80. The van der Waals surface area contributed by atoms with E-state index in [0.717, 1.165) is 31.9 Å². The average Bonchev–Trinajstić information content (AvgIpc) is 2.55. The molecule has 1 atom stereocenters. The molecule has 0 aromatic carbocycles. The summed E-state index contributed by atoms with van der Waals surface area (Å²) in [5, 5.41) is 5.87. The molecule has 2 rings (SSSR count). The van der Waals surface area contributed by atoms with Crippen molar-refractivity contribution in [2.45, 2.75) is 26.4 Å². The van der Waals surface area contributed by atoms with Gasteiger partial charge in [0.15, 0.2) is 0 Å². The van der Waals surface area contributed by atoms with E-state index in [4.69, 9.17) is 0 Å². The lowest BCUT2D eigenvalue weighted by Crippen LogP contribution is -2.54. The summed E-state index contributed by atoms with van der Waals surface area (Å²) < 4.78 is 0. The number of pyridine rings is 1. The van der Waals surface area contributed by atoms with Gasteiger partial charge in [-0.15, -0.1) is 0 Å². The molecule has 23 heavy (non-hydrogen) atoms. The Balaban J connectivity index is 1.76. The molecule has 1 aliphatic heterocycles. The molecule has 0 radical (unpaired) electrons. The topological polar surface area (TPSA) is 60.5 Å². The third-order valence-electron chi connectivity index (χ3n) is 4.40. The number of hydrogen-bond acceptors (Lipinski definition) is 4. The maximum Gasteiger partial charge on any atom is 0.315 e.